The molecule has 0 bridgehead atoms. The van der Waals surface area contributed by atoms with Gasteiger partial charge in [-0.25, -0.2) is 4.79 Å². The van der Waals surface area contributed by atoms with Crippen LogP contribution in [-0.4, -0.2) is 11.8 Å². The Morgan fingerprint density at radius 1 is 1.78 bits per heavy atom. The van der Waals surface area contributed by atoms with Crippen LogP contribution >= 0.6 is 0 Å². The Morgan fingerprint density at radius 2 is 2.22 bits per heavy atom. The van der Waals surface area contributed by atoms with Crippen molar-refractivity contribution in [3.8, 4) is 0 Å². The summed E-state index contributed by atoms with van der Waals surface area (Å²) in [5.41, 5.74) is 9.20. The molecule has 0 heterocycles. The van der Waals surface area contributed by atoms with E-state index in [2.05, 4.69) is 4.74 Å². The SMILES string of the molecule is CCC(C)(N)OC(N)=O. The number of carbonyl (C=O) groups excluding carboxylic acids is 1. The number of carbonyl (C=O) groups is 1. The Bertz CT molecular complexity index is 112. The van der Waals surface area contributed by atoms with Crippen molar-refractivity contribution in [1.82, 2.24) is 0 Å². The molecule has 1 atom stereocenters. The molecule has 4 N–H and O–H groups in total. The Hall–Kier alpha value is -0.770. The predicted octanol–water partition coefficient (Wildman–Crippen LogP) is 0.167. The number of rotatable bonds is 2. The van der Waals surface area contributed by atoms with E-state index in [1.165, 1.54) is 0 Å². The first kappa shape index (κ1) is 8.23. The van der Waals surface area contributed by atoms with E-state index >= 15 is 0 Å². The molecule has 0 aliphatic heterocycles. The highest BCUT2D eigenvalue weighted by atomic mass is 16.6. The Labute approximate surface area is 54.2 Å². The monoisotopic (exact) mass is 132 g/mol. The summed E-state index contributed by atoms with van der Waals surface area (Å²) in [6.45, 7) is 3.40. The highest BCUT2D eigenvalue weighted by molar-refractivity contribution is 5.65. The van der Waals surface area contributed by atoms with E-state index in [-0.39, 0.29) is 0 Å². The standard InChI is InChI=1S/C5H12N2O2/c1-3-5(2,7)9-4(6)8/h3,7H2,1-2H3,(H2,6,8). The van der Waals surface area contributed by atoms with E-state index < -0.39 is 11.8 Å². The summed E-state index contributed by atoms with van der Waals surface area (Å²) >= 11 is 0. The minimum Gasteiger partial charge on any atom is -0.428 e. The minimum absolute atomic E-state index is 0.552. The van der Waals surface area contributed by atoms with Gasteiger partial charge in [0, 0.05) is 0 Å². The maximum atomic E-state index is 10.1. The number of nitrogens with two attached hydrogens (primary N) is 2. The van der Waals surface area contributed by atoms with Crippen LogP contribution in [-0.2, 0) is 4.74 Å². The average Bonchev–Trinajstić information content (AvgIpc) is 1.63. The quantitative estimate of drug-likeness (QED) is 0.525. The van der Waals surface area contributed by atoms with Gasteiger partial charge in [-0.2, -0.15) is 0 Å². The lowest BCUT2D eigenvalue weighted by molar-refractivity contribution is 0.0333. The van der Waals surface area contributed by atoms with Crippen molar-refractivity contribution >= 4 is 6.09 Å². The van der Waals surface area contributed by atoms with Crippen molar-refractivity contribution in [3.05, 3.63) is 0 Å². The van der Waals surface area contributed by atoms with Gasteiger partial charge in [0.15, 0.2) is 5.72 Å². The molecule has 1 unspecified atom stereocenters. The molecular weight excluding hydrogens is 120 g/mol. The smallest absolute Gasteiger partial charge is 0.406 e. The van der Waals surface area contributed by atoms with Crippen LogP contribution < -0.4 is 11.5 Å². The number of hydrogen-bond donors (Lipinski definition) is 2. The van der Waals surface area contributed by atoms with E-state index in [0.717, 1.165) is 0 Å². The van der Waals surface area contributed by atoms with Gasteiger partial charge in [-0.05, 0) is 13.3 Å². The zero-order valence-corrected chi connectivity index (χ0v) is 5.68. The minimum atomic E-state index is -0.911. The third-order valence-corrected chi connectivity index (χ3v) is 1.04. The molecule has 1 amide bonds. The number of ether oxygens (including phenoxy) is 1. The zero-order valence-electron chi connectivity index (χ0n) is 5.68. The van der Waals surface area contributed by atoms with Crippen LogP contribution in [0.25, 0.3) is 0 Å². The molecule has 0 rings (SSSR count). The van der Waals surface area contributed by atoms with Crippen LogP contribution in [0.3, 0.4) is 0 Å². The number of amides is 1. The van der Waals surface area contributed by atoms with Crippen LogP contribution in [0.4, 0.5) is 4.79 Å². The number of primary amides is 1. The van der Waals surface area contributed by atoms with E-state index in [1.54, 1.807) is 6.92 Å². The first-order valence-electron chi connectivity index (χ1n) is 2.75. The van der Waals surface area contributed by atoms with Gasteiger partial charge in [-0.1, -0.05) is 6.92 Å². The van der Waals surface area contributed by atoms with E-state index in [1.807, 2.05) is 6.92 Å². The highest BCUT2D eigenvalue weighted by Gasteiger charge is 2.18. The lowest BCUT2D eigenvalue weighted by atomic mass is 10.2. The first-order valence-corrected chi connectivity index (χ1v) is 2.75. The fourth-order valence-corrected chi connectivity index (χ4v) is 0.302. The molecule has 0 saturated carbocycles. The van der Waals surface area contributed by atoms with E-state index in [9.17, 15) is 4.79 Å². The van der Waals surface area contributed by atoms with Gasteiger partial charge in [0.1, 0.15) is 0 Å². The van der Waals surface area contributed by atoms with Gasteiger partial charge in [0.2, 0.25) is 0 Å². The third-order valence-electron chi connectivity index (χ3n) is 1.04. The molecule has 0 aromatic heterocycles. The van der Waals surface area contributed by atoms with Crippen molar-refractivity contribution < 1.29 is 9.53 Å². The zero-order chi connectivity index (χ0) is 7.49. The van der Waals surface area contributed by atoms with Crippen LogP contribution in [0.15, 0.2) is 0 Å². The molecule has 0 spiro atoms. The molecule has 4 heteroatoms. The molecule has 0 aromatic carbocycles. The van der Waals surface area contributed by atoms with Gasteiger partial charge in [-0.3, -0.25) is 5.73 Å². The van der Waals surface area contributed by atoms with E-state index in [4.69, 9.17) is 11.5 Å². The van der Waals surface area contributed by atoms with E-state index in [0.29, 0.717) is 6.42 Å². The summed E-state index contributed by atoms with van der Waals surface area (Å²) in [5, 5.41) is 0. The van der Waals surface area contributed by atoms with Crippen molar-refractivity contribution in [2.24, 2.45) is 11.5 Å². The molecule has 54 valence electrons. The molecule has 0 fully saturated rings. The summed E-state index contributed by atoms with van der Waals surface area (Å²) in [6, 6.07) is 0. The maximum Gasteiger partial charge on any atom is 0.406 e. The summed E-state index contributed by atoms with van der Waals surface area (Å²) < 4.78 is 4.50. The molecule has 0 aromatic rings. The molecule has 0 radical (unpaired) electrons. The second-order valence-electron chi connectivity index (χ2n) is 2.09. The maximum absolute atomic E-state index is 10.1. The number of hydrogen-bond acceptors (Lipinski definition) is 3. The fraction of sp³-hybridized carbons (Fsp3) is 0.800. The second-order valence-corrected chi connectivity index (χ2v) is 2.09. The molecule has 4 nitrogen and oxygen atoms in total. The van der Waals surface area contributed by atoms with Gasteiger partial charge in [0.25, 0.3) is 0 Å². The second kappa shape index (κ2) is 2.68. The molecule has 0 aliphatic rings. The van der Waals surface area contributed by atoms with Crippen molar-refractivity contribution in [3.63, 3.8) is 0 Å². The van der Waals surface area contributed by atoms with Gasteiger partial charge in [0.05, 0.1) is 0 Å². The van der Waals surface area contributed by atoms with Gasteiger partial charge >= 0.3 is 6.09 Å². The molecule has 0 saturated heterocycles. The highest BCUT2D eigenvalue weighted by Crippen LogP contribution is 2.04. The van der Waals surface area contributed by atoms with Crippen LogP contribution in [0.1, 0.15) is 20.3 Å². The van der Waals surface area contributed by atoms with Crippen molar-refractivity contribution in [2.45, 2.75) is 26.0 Å². The molecule has 0 aliphatic carbocycles. The fourth-order valence-electron chi connectivity index (χ4n) is 0.302. The lowest BCUT2D eigenvalue weighted by Gasteiger charge is -2.20. The normalized spacial score (nSPS) is 16.3. The third kappa shape index (κ3) is 3.78. The van der Waals surface area contributed by atoms with Crippen LogP contribution in [0.2, 0.25) is 0 Å². The predicted molar refractivity (Wildman–Crippen MR) is 33.6 cm³/mol. The van der Waals surface area contributed by atoms with Crippen molar-refractivity contribution in [1.29, 1.82) is 0 Å². The van der Waals surface area contributed by atoms with Crippen molar-refractivity contribution in [2.75, 3.05) is 0 Å². The largest absolute Gasteiger partial charge is 0.428 e. The first-order chi connectivity index (χ1) is 3.98. The summed E-state index contributed by atoms with van der Waals surface area (Å²) in [4.78, 5) is 10.1. The topological polar surface area (TPSA) is 78.3 Å². The summed E-state index contributed by atoms with van der Waals surface area (Å²) in [6.07, 6.45) is -0.280. The van der Waals surface area contributed by atoms with Crippen LogP contribution in [0, 0.1) is 0 Å². The molecular formula is C5H12N2O2. The lowest BCUT2D eigenvalue weighted by Crippen LogP contribution is -2.42. The van der Waals surface area contributed by atoms with Gasteiger partial charge < -0.3 is 10.5 Å². The molecule has 9 heavy (non-hydrogen) atoms. The Kier molecular flexibility index (Phi) is 2.45. The Balaban J connectivity index is 3.71. The summed E-state index contributed by atoms with van der Waals surface area (Å²) in [7, 11) is 0. The summed E-state index contributed by atoms with van der Waals surface area (Å²) in [5.74, 6) is 0. The Morgan fingerprint density at radius 3 is 2.33 bits per heavy atom. The average molecular weight is 132 g/mol. The van der Waals surface area contributed by atoms with Crippen LogP contribution in [0.5, 0.6) is 0 Å². The van der Waals surface area contributed by atoms with Gasteiger partial charge in [-0.15, -0.1) is 0 Å².